The summed E-state index contributed by atoms with van der Waals surface area (Å²) in [5, 5.41) is 9.31. The minimum Gasteiger partial charge on any atom is -0.481 e. The third-order valence-corrected chi connectivity index (χ3v) is 4.14. The topological polar surface area (TPSA) is 66.8 Å². The number of amides is 1. The van der Waals surface area contributed by atoms with E-state index in [0.29, 0.717) is 13.2 Å². The maximum absolute atomic E-state index is 12.8. The minimum atomic E-state index is -0.867. The van der Waals surface area contributed by atoms with Crippen LogP contribution in [0.3, 0.4) is 0 Å². The van der Waals surface area contributed by atoms with Crippen molar-refractivity contribution in [3.63, 3.8) is 0 Å². The van der Waals surface area contributed by atoms with Crippen molar-refractivity contribution in [1.82, 2.24) is 4.90 Å². The van der Waals surface area contributed by atoms with E-state index in [1.54, 1.807) is 4.90 Å². The first-order chi connectivity index (χ1) is 10.1. The Morgan fingerprint density at radius 1 is 1.14 bits per heavy atom. The number of carbonyl (C=O) groups excluding carboxylic acids is 1. The number of hydrogen-bond acceptors (Lipinski definition) is 3. The number of carboxylic acids is 1. The fourth-order valence-electron chi connectivity index (χ4n) is 3.09. The Kier molecular flexibility index (Phi) is 7.72. The van der Waals surface area contributed by atoms with Crippen molar-refractivity contribution >= 4 is 11.9 Å². The lowest BCUT2D eigenvalue weighted by Gasteiger charge is -2.33. The molecule has 1 heterocycles. The summed E-state index contributed by atoms with van der Waals surface area (Å²) in [4.78, 5) is 26.0. The van der Waals surface area contributed by atoms with Crippen molar-refractivity contribution in [2.24, 2.45) is 11.8 Å². The van der Waals surface area contributed by atoms with E-state index in [-0.39, 0.29) is 24.5 Å². The number of aliphatic carboxylic acids is 1. The zero-order chi connectivity index (χ0) is 15.8. The second kappa shape index (κ2) is 9.03. The summed E-state index contributed by atoms with van der Waals surface area (Å²) in [5.41, 5.74) is 0. The van der Waals surface area contributed by atoms with Crippen LogP contribution in [-0.2, 0) is 14.3 Å². The quantitative estimate of drug-likeness (QED) is 0.710. The van der Waals surface area contributed by atoms with Gasteiger partial charge in [-0.25, -0.2) is 0 Å². The maximum Gasteiger partial charge on any atom is 0.311 e. The van der Waals surface area contributed by atoms with Gasteiger partial charge in [0.1, 0.15) is 5.92 Å². The van der Waals surface area contributed by atoms with Gasteiger partial charge in [-0.05, 0) is 19.3 Å². The van der Waals surface area contributed by atoms with Crippen LogP contribution in [0.4, 0.5) is 0 Å². The van der Waals surface area contributed by atoms with Gasteiger partial charge in [-0.15, -0.1) is 0 Å². The Hall–Kier alpha value is -1.10. The average molecular weight is 299 g/mol. The predicted molar refractivity (Wildman–Crippen MR) is 81.0 cm³/mol. The zero-order valence-corrected chi connectivity index (χ0v) is 13.5. The molecule has 1 N–H and O–H groups in total. The first-order valence-corrected chi connectivity index (χ1v) is 8.17. The molecule has 1 saturated heterocycles. The molecule has 0 spiro atoms. The van der Waals surface area contributed by atoms with Gasteiger partial charge in [0.15, 0.2) is 0 Å². The fourth-order valence-corrected chi connectivity index (χ4v) is 3.09. The summed E-state index contributed by atoms with van der Waals surface area (Å²) >= 11 is 0. The monoisotopic (exact) mass is 299 g/mol. The van der Waals surface area contributed by atoms with Gasteiger partial charge in [0.25, 0.3) is 0 Å². The van der Waals surface area contributed by atoms with Crippen molar-refractivity contribution < 1.29 is 19.4 Å². The summed E-state index contributed by atoms with van der Waals surface area (Å²) in [5.74, 6) is -1.33. The Labute approximate surface area is 127 Å². The molecule has 0 aromatic rings. The van der Waals surface area contributed by atoms with E-state index in [2.05, 4.69) is 13.8 Å². The van der Waals surface area contributed by atoms with E-state index in [4.69, 9.17) is 4.74 Å². The van der Waals surface area contributed by atoms with E-state index in [1.807, 2.05) is 6.92 Å². The van der Waals surface area contributed by atoms with Crippen molar-refractivity contribution in [1.29, 1.82) is 0 Å². The maximum atomic E-state index is 12.8. The van der Waals surface area contributed by atoms with Crippen LogP contribution in [0.2, 0.25) is 0 Å². The average Bonchev–Trinajstić information content (AvgIpc) is 2.93. The van der Waals surface area contributed by atoms with E-state index in [9.17, 15) is 14.7 Å². The summed E-state index contributed by atoms with van der Waals surface area (Å²) in [7, 11) is 0. The molecule has 0 saturated carbocycles. The molecule has 1 aliphatic heterocycles. The van der Waals surface area contributed by atoms with E-state index >= 15 is 0 Å². The molecule has 2 unspecified atom stereocenters. The summed E-state index contributed by atoms with van der Waals surface area (Å²) in [6.07, 6.45) is 4.52. The standard InChI is InChI=1S/C16H29NO4/c1-4-7-12(8-5-2)15(18)17(9-6-3)14-11-21-10-13(14)16(19)20/h12-14H,4-11H2,1-3H3,(H,19,20). The Morgan fingerprint density at radius 2 is 1.76 bits per heavy atom. The van der Waals surface area contributed by atoms with Gasteiger partial charge < -0.3 is 14.7 Å². The summed E-state index contributed by atoms with van der Waals surface area (Å²) in [6, 6.07) is -0.314. The molecule has 0 bridgehead atoms. The first-order valence-electron chi connectivity index (χ1n) is 8.17. The molecule has 1 amide bonds. The number of carboxylic acid groups (broad SMARTS) is 1. The van der Waals surface area contributed by atoms with Crippen LogP contribution in [0.5, 0.6) is 0 Å². The van der Waals surface area contributed by atoms with Gasteiger partial charge >= 0.3 is 5.97 Å². The normalized spacial score (nSPS) is 21.7. The highest BCUT2D eigenvalue weighted by molar-refractivity contribution is 5.80. The molecule has 122 valence electrons. The SMILES string of the molecule is CCCC(CCC)C(=O)N(CCC)C1COCC1C(=O)O. The number of hydrogen-bond donors (Lipinski definition) is 1. The Morgan fingerprint density at radius 3 is 2.24 bits per heavy atom. The molecule has 0 aromatic carbocycles. The second-order valence-electron chi connectivity index (χ2n) is 5.86. The van der Waals surface area contributed by atoms with Crippen LogP contribution < -0.4 is 0 Å². The third-order valence-electron chi connectivity index (χ3n) is 4.14. The molecule has 1 fully saturated rings. The Balaban J connectivity index is 2.87. The molecule has 2 atom stereocenters. The van der Waals surface area contributed by atoms with Gasteiger partial charge in [-0.1, -0.05) is 33.6 Å². The van der Waals surface area contributed by atoms with Crippen molar-refractivity contribution in [2.45, 2.75) is 58.9 Å². The molecule has 1 aliphatic rings. The molecule has 21 heavy (non-hydrogen) atoms. The molecular weight excluding hydrogens is 270 g/mol. The minimum absolute atomic E-state index is 0.0154. The largest absolute Gasteiger partial charge is 0.481 e. The molecule has 1 rings (SSSR count). The van der Waals surface area contributed by atoms with Crippen LogP contribution in [0, 0.1) is 11.8 Å². The summed E-state index contributed by atoms with van der Waals surface area (Å²) in [6.45, 7) is 7.34. The van der Waals surface area contributed by atoms with Crippen LogP contribution in [-0.4, -0.2) is 47.7 Å². The number of nitrogens with zero attached hydrogens (tertiary/aromatic N) is 1. The van der Waals surface area contributed by atoms with Gasteiger partial charge in [0.05, 0.1) is 19.3 Å². The van der Waals surface area contributed by atoms with Gasteiger partial charge in [-0.2, -0.15) is 0 Å². The van der Waals surface area contributed by atoms with E-state index in [1.165, 1.54) is 0 Å². The molecule has 5 heteroatoms. The zero-order valence-electron chi connectivity index (χ0n) is 13.5. The van der Waals surface area contributed by atoms with E-state index in [0.717, 1.165) is 32.1 Å². The number of rotatable bonds is 9. The van der Waals surface area contributed by atoms with E-state index < -0.39 is 11.9 Å². The molecular formula is C16H29NO4. The van der Waals surface area contributed by atoms with Gasteiger partial charge in [0, 0.05) is 12.5 Å². The molecule has 0 aliphatic carbocycles. The van der Waals surface area contributed by atoms with Crippen LogP contribution in [0.25, 0.3) is 0 Å². The van der Waals surface area contributed by atoms with Gasteiger partial charge in [-0.3, -0.25) is 9.59 Å². The van der Waals surface area contributed by atoms with Crippen LogP contribution >= 0.6 is 0 Å². The molecule has 5 nitrogen and oxygen atoms in total. The van der Waals surface area contributed by atoms with Gasteiger partial charge in [0.2, 0.25) is 5.91 Å². The number of ether oxygens (including phenoxy) is 1. The highest BCUT2D eigenvalue weighted by atomic mass is 16.5. The smallest absolute Gasteiger partial charge is 0.311 e. The lowest BCUT2D eigenvalue weighted by molar-refractivity contribution is -0.146. The predicted octanol–water partition coefficient (Wildman–Crippen LogP) is 2.54. The Bertz CT molecular complexity index is 339. The fraction of sp³-hybridized carbons (Fsp3) is 0.875. The third kappa shape index (κ3) is 4.70. The van der Waals surface area contributed by atoms with Crippen molar-refractivity contribution in [3.05, 3.63) is 0 Å². The highest BCUT2D eigenvalue weighted by Crippen LogP contribution is 2.25. The molecule has 0 radical (unpaired) electrons. The highest BCUT2D eigenvalue weighted by Gasteiger charge is 2.40. The molecule has 0 aromatic heterocycles. The first kappa shape index (κ1) is 18.0. The second-order valence-corrected chi connectivity index (χ2v) is 5.86. The lowest BCUT2D eigenvalue weighted by atomic mass is 9.94. The lowest BCUT2D eigenvalue weighted by Crippen LogP contribution is -2.49. The van der Waals surface area contributed by atoms with Crippen molar-refractivity contribution in [2.75, 3.05) is 19.8 Å². The summed E-state index contributed by atoms with van der Waals surface area (Å²) < 4.78 is 5.33. The van der Waals surface area contributed by atoms with Crippen molar-refractivity contribution in [3.8, 4) is 0 Å². The number of carbonyl (C=O) groups is 2. The van der Waals surface area contributed by atoms with Crippen LogP contribution in [0.1, 0.15) is 52.9 Å². The van der Waals surface area contributed by atoms with Crippen LogP contribution in [0.15, 0.2) is 0 Å².